The van der Waals surface area contributed by atoms with E-state index in [1.54, 1.807) is 0 Å². The molecule has 4 nitrogen and oxygen atoms in total. The van der Waals surface area contributed by atoms with E-state index in [2.05, 4.69) is 29.0 Å². The summed E-state index contributed by atoms with van der Waals surface area (Å²) in [6.07, 6.45) is -0.314. The minimum atomic E-state index is -1.67. The van der Waals surface area contributed by atoms with E-state index in [4.69, 9.17) is 4.74 Å². The van der Waals surface area contributed by atoms with Crippen LogP contribution in [0.5, 0.6) is 0 Å². The predicted molar refractivity (Wildman–Crippen MR) is 73.6 cm³/mol. The van der Waals surface area contributed by atoms with Gasteiger partial charge in [0.05, 0.1) is 12.7 Å². The SMILES string of the molecule is CC(C)CN1CCOC(CNc2c(F)c(F)nc(F)c2F)C1. The molecule has 0 aliphatic carbocycles. The van der Waals surface area contributed by atoms with E-state index in [-0.39, 0.29) is 12.6 Å². The van der Waals surface area contributed by atoms with Crippen LogP contribution in [0.2, 0.25) is 0 Å². The molecular weight excluding hydrogens is 302 g/mol. The van der Waals surface area contributed by atoms with Gasteiger partial charge in [0, 0.05) is 26.2 Å². The van der Waals surface area contributed by atoms with Crippen LogP contribution in [-0.4, -0.2) is 48.8 Å². The fourth-order valence-electron chi connectivity index (χ4n) is 2.44. The summed E-state index contributed by atoms with van der Waals surface area (Å²) in [5.41, 5.74) is -0.852. The van der Waals surface area contributed by atoms with E-state index < -0.39 is 29.2 Å². The standard InChI is InChI=1S/C14H19F4N3O/c1-8(2)6-21-3-4-22-9(7-21)5-19-12-10(15)13(17)20-14(18)11(12)16/h8-9H,3-7H2,1-2H3,(H,19,20). The van der Waals surface area contributed by atoms with Crippen molar-refractivity contribution in [1.82, 2.24) is 9.88 Å². The van der Waals surface area contributed by atoms with E-state index in [0.717, 1.165) is 13.1 Å². The third-order valence-corrected chi connectivity index (χ3v) is 3.35. The van der Waals surface area contributed by atoms with Crippen LogP contribution in [0.3, 0.4) is 0 Å². The van der Waals surface area contributed by atoms with E-state index in [9.17, 15) is 17.6 Å². The molecule has 1 saturated heterocycles. The second-order valence-electron chi connectivity index (χ2n) is 5.72. The number of pyridine rings is 1. The molecule has 1 N–H and O–H groups in total. The second-order valence-corrected chi connectivity index (χ2v) is 5.72. The molecule has 0 saturated carbocycles. The van der Waals surface area contributed by atoms with Crippen molar-refractivity contribution < 1.29 is 22.3 Å². The molecule has 1 aliphatic heterocycles. The molecule has 1 unspecified atom stereocenters. The van der Waals surface area contributed by atoms with Gasteiger partial charge in [0.25, 0.3) is 11.9 Å². The Morgan fingerprint density at radius 2 is 1.86 bits per heavy atom. The van der Waals surface area contributed by atoms with Crippen LogP contribution < -0.4 is 5.32 Å². The number of halogens is 4. The van der Waals surface area contributed by atoms with E-state index in [1.165, 1.54) is 0 Å². The van der Waals surface area contributed by atoms with Crippen molar-refractivity contribution in [2.75, 3.05) is 38.1 Å². The molecule has 1 aliphatic rings. The largest absolute Gasteiger partial charge is 0.377 e. The van der Waals surface area contributed by atoms with E-state index in [1.807, 2.05) is 0 Å². The van der Waals surface area contributed by atoms with E-state index >= 15 is 0 Å². The van der Waals surface area contributed by atoms with Crippen molar-refractivity contribution in [2.24, 2.45) is 5.92 Å². The van der Waals surface area contributed by atoms with Gasteiger partial charge in [0.2, 0.25) is 11.6 Å². The third-order valence-electron chi connectivity index (χ3n) is 3.35. The monoisotopic (exact) mass is 321 g/mol. The molecule has 1 fully saturated rings. The zero-order valence-electron chi connectivity index (χ0n) is 12.5. The van der Waals surface area contributed by atoms with Crippen LogP contribution in [0.15, 0.2) is 0 Å². The van der Waals surface area contributed by atoms with Crippen LogP contribution in [0.4, 0.5) is 23.2 Å². The summed E-state index contributed by atoms with van der Waals surface area (Å²) in [4.78, 5) is 4.69. The first-order valence-corrected chi connectivity index (χ1v) is 7.16. The highest BCUT2D eigenvalue weighted by Gasteiger charge is 2.24. The van der Waals surface area contributed by atoms with Crippen LogP contribution >= 0.6 is 0 Å². The second kappa shape index (κ2) is 7.23. The number of aromatic nitrogens is 1. The molecule has 1 aromatic heterocycles. The summed E-state index contributed by atoms with van der Waals surface area (Å²) in [7, 11) is 0. The highest BCUT2D eigenvalue weighted by Crippen LogP contribution is 2.22. The Kier molecular flexibility index (Phi) is 5.57. The molecule has 8 heteroatoms. The number of nitrogens with one attached hydrogen (secondary N) is 1. The summed E-state index contributed by atoms with van der Waals surface area (Å²) in [5.74, 6) is -5.92. The Labute approximate surface area is 126 Å². The summed E-state index contributed by atoms with van der Waals surface area (Å²) in [6.45, 7) is 7.00. The molecule has 0 amide bonds. The quantitative estimate of drug-likeness (QED) is 0.667. The third kappa shape index (κ3) is 4.07. The highest BCUT2D eigenvalue weighted by molar-refractivity contribution is 5.45. The van der Waals surface area contributed by atoms with Crippen LogP contribution in [0, 0.1) is 29.4 Å². The lowest BCUT2D eigenvalue weighted by atomic mass is 10.2. The normalized spacial score (nSPS) is 19.7. The van der Waals surface area contributed by atoms with Gasteiger partial charge in [-0.2, -0.15) is 22.5 Å². The smallest absolute Gasteiger partial charge is 0.253 e. The first-order valence-electron chi connectivity index (χ1n) is 7.16. The van der Waals surface area contributed by atoms with Gasteiger partial charge in [-0.25, -0.2) is 0 Å². The number of rotatable bonds is 5. The van der Waals surface area contributed by atoms with Crippen LogP contribution in [0.25, 0.3) is 0 Å². The van der Waals surface area contributed by atoms with Gasteiger partial charge < -0.3 is 10.1 Å². The average molecular weight is 321 g/mol. The van der Waals surface area contributed by atoms with E-state index in [0.29, 0.717) is 19.1 Å². The zero-order valence-corrected chi connectivity index (χ0v) is 12.5. The van der Waals surface area contributed by atoms with Crippen molar-refractivity contribution in [3.8, 4) is 0 Å². The number of ether oxygens (including phenoxy) is 1. The lowest BCUT2D eigenvalue weighted by Gasteiger charge is -2.34. The molecular formula is C14H19F4N3O. The average Bonchev–Trinajstić information content (AvgIpc) is 2.45. The minimum absolute atomic E-state index is 0.0470. The molecule has 0 spiro atoms. The Balaban J connectivity index is 1.98. The van der Waals surface area contributed by atoms with Gasteiger partial charge in [0.1, 0.15) is 5.69 Å². The molecule has 0 aromatic carbocycles. The molecule has 124 valence electrons. The summed E-state index contributed by atoms with van der Waals surface area (Å²) >= 11 is 0. The number of hydrogen-bond donors (Lipinski definition) is 1. The maximum atomic E-state index is 13.5. The lowest BCUT2D eigenvalue weighted by molar-refractivity contribution is -0.0244. The fraction of sp³-hybridized carbons (Fsp3) is 0.643. The summed E-state index contributed by atoms with van der Waals surface area (Å²) in [6, 6.07) is 0. The Morgan fingerprint density at radius 3 is 2.45 bits per heavy atom. The lowest BCUT2D eigenvalue weighted by Crippen LogP contribution is -2.46. The molecule has 22 heavy (non-hydrogen) atoms. The Bertz CT molecular complexity index is 501. The van der Waals surface area contributed by atoms with Crippen molar-refractivity contribution >= 4 is 5.69 Å². The maximum absolute atomic E-state index is 13.5. The summed E-state index contributed by atoms with van der Waals surface area (Å²) in [5, 5.41) is 2.38. The van der Waals surface area contributed by atoms with Crippen molar-refractivity contribution in [3.05, 3.63) is 23.5 Å². The zero-order chi connectivity index (χ0) is 16.3. The van der Waals surface area contributed by atoms with Crippen molar-refractivity contribution in [3.63, 3.8) is 0 Å². The van der Waals surface area contributed by atoms with Gasteiger partial charge in [-0.15, -0.1) is 0 Å². The predicted octanol–water partition coefficient (Wildman–Crippen LogP) is 2.41. The topological polar surface area (TPSA) is 37.4 Å². The van der Waals surface area contributed by atoms with Gasteiger partial charge in [-0.1, -0.05) is 13.8 Å². The van der Waals surface area contributed by atoms with Gasteiger partial charge >= 0.3 is 0 Å². The molecule has 2 heterocycles. The number of anilines is 1. The summed E-state index contributed by atoms with van der Waals surface area (Å²) < 4.78 is 58.5. The van der Waals surface area contributed by atoms with Crippen LogP contribution in [0.1, 0.15) is 13.8 Å². The van der Waals surface area contributed by atoms with Gasteiger partial charge in [-0.3, -0.25) is 4.90 Å². The van der Waals surface area contributed by atoms with Crippen molar-refractivity contribution in [2.45, 2.75) is 20.0 Å². The van der Waals surface area contributed by atoms with Gasteiger partial charge in [0.15, 0.2) is 0 Å². The molecule has 1 aromatic rings. The fourth-order valence-corrected chi connectivity index (χ4v) is 2.44. The number of hydrogen-bond acceptors (Lipinski definition) is 4. The Hall–Kier alpha value is -1.41. The van der Waals surface area contributed by atoms with Gasteiger partial charge in [-0.05, 0) is 5.92 Å². The molecule has 0 radical (unpaired) electrons. The first-order chi connectivity index (χ1) is 10.4. The molecule has 2 rings (SSSR count). The first kappa shape index (κ1) is 17.0. The Morgan fingerprint density at radius 1 is 1.23 bits per heavy atom. The number of nitrogens with zero attached hydrogens (tertiary/aromatic N) is 2. The highest BCUT2D eigenvalue weighted by atomic mass is 19.2. The molecule has 0 bridgehead atoms. The maximum Gasteiger partial charge on any atom is 0.253 e. The van der Waals surface area contributed by atoms with Crippen LogP contribution in [-0.2, 0) is 4.74 Å². The molecule has 1 atom stereocenters. The minimum Gasteiger partial charge on any atom is -0.377 e. The van der Waals surface area contributed by atoms with Crippen molar-refractivity contribution in [1.29, 1.82) is 0 Å². The number of morpholine rings is 1.